The molecule has 7 nitrogen and oxygen atoms in total. The maximum atomic E-state index is 12.7. The fourth-order valence-corrected chi connectivity index (χ4v) is 4.42. The van der Waals surface area contributed by atoms with Gasteiger partial charge in [0, 0.05) is 45.4 Å². The van der Waals surface area contributed by atoms with Gasteiger partial charge in [-0.25, -0.2) is 13.1 Å². The summed E-state index contributed by atoms with van der Waals surface area (Å²) in [7, 11) is -2.13. The first-order valence-electron chi connectivity index (χ1n) is 8.10. The van der Waals surface area contributed by atoms with Gasteiger partial charge in [0.1, 0.15) is 0 Å². The summed E-state index contributed by atoms with van der Waals surface area (Å²) in [4.78, 5) is 14.6. The Kier molecular flexibility index (Phi) is 6.81. The van der Waals surface area contributed by atoms with Crippen molar-refractivity contribution in [2.24, 2.45) is 11.8 Å². The average molecular weight is 390 g/mol. The number of carbonyl (C=O) groups is 1. The number of likely N-dealkylation sites (tertiary alicyclic amines) is 1. The number of nitrogens with zero attached hydrogens (tertiary/aromatic N) is 1. The number of benzene rings is 1. The fraction of sp³-hybridized carbons (Fsp3) is 0.562. The Morgan fingerprint density at radius 3 is 2.64 bits per heavy atom. The summed E-state index contributed by atoms with van der Waals surface area (Å²) in [6.07, 6.45) is 0. The molecular formula is C16H24ClN3O4S. The Bertz CT molecular complexity index is 701. The third-order valence-corrected chi connectivity index (χ3v) is 6.12. The van der Waals surface area contributed by atoms with E-state index in [1.807, 2.05) is 4.90 Å². The molecule has 140 valence electrons. The van der Waals surface area contributed by atoms with Gasteiger partial charge < -0.3 is 15.0 Å². The minimum absolute atomic E-state index is 0. The Balaban J connectivity index is 0.00000225. The second-order valence-corrected chi connectivity index (χ2v) is 8.07. The van der Waals surface area contributed by atoms with Gasteiger partial charge in [-0.3, -0.25) is 4.79 Å². The third-order valence-electron chi connectivity index (χ3n) is 4.67. The summed E-state index contributed by atoms with van der Waals surface area (Å²) < 4.78 is 31.8. The molecule has 0 radical (unpaired) electrons. The summed E-state index contributed by atoms with van der Waals surface area (Å²) >= 11 is 0. The lowest BCUT2D eigenvalue weighted by atomic mass is 10.0. The number of hydrogen-bond donors (Lipinski definition) is 2. The summed E-state index contributed by atoms with van der Waals surface area (Å²) in [5, 5.41) is 3.34. The molecule has 2 N–H and O–H groups in total. The number of ether oxygens (including phenoxy) is 1. The van der Waals surface area contributed by atoms with Crippen LogP contribution < -0.4 is 10.0 Å². The highest BCUT2D eigenvalue weighted by atomic mass is 35.5. The molecular weight excluding hydrogens is 366 g/mol. The zero-order chi connectivity index (χ0) is 17.2. The van der Waals surface area contributed by atoms with E-state index in [-0.39, 0.29) is 29.8 Å². The van der Waals surface area contributed by atoms with Gasteiger partial charge in [0.25, 0.3) is 5.91 Å². The summed E-state index contributed by atoms with van der Waals surface area (Å²) in [6, 6.07) is 6.22. The molecule has 0 bridgehead atoms. The topological polar surface area (TPSA) is 87.7 Å². The zero-order valence-corrected chi connectivity index (χ0v) is 15.7. The van der Waals surface area contributed by atoms with Crippen molar-refractivity contribution in [1.29, 1.82) is 0 Å². The first kappa shape index (κ1) is 20.1. The molecule has 2 saturated heterocycles. The Morgan fingerprint density at radius 2 is 2.00 bits per heavy atom. The number of sulfonamides is 1. The van der Waals surface area contributed by atoms with Crippen LogP contribution in [0.4, 0.5) is 0 Å². The second kappa shape index (κ2) is 8.46. The molecule has 0 saturated carbocycles. The first-order chi connectivity index (χ1) is 11.5. The second-order valence-electron chi connectivity index (χ2n) is 6.31. The fourth-order valence-electron chi connectivity index (χ4n) is 3.36. The highest BCUT2D eigenvalue weighted by Gasteiger charge is 2.38. The number of nitrogens with one attached hydrogen (secondary N) is 2. The van der Waals surface area contributed by atoms with E-state index in [4.69, 9.17) is 4.74 Å². The van der Waals surface area contributed by atoms with Gasteiger partial charge in [-0.1, -0.05) is 6.07 Å². The van der Waals surface area contributed by atoms with E-state index in [0.29, 0.717) is 24.0 Å². The van der Waals surface area contributed by atoms with Crippen LogP contribution >= 0.6 is 12.4 Å². The highest BCUT2D eigenvalue weighted by Crippen LogP contribution is 2.27. The Labute approximate surface area is 154 Å². The Morgan fingerprint density at radius 1 is 1.32 bits per heavy atom. The lowest BCUT2D eigenvalue weighted by Crippen LogP contribution is -2.32. The SMILES string of the molecule is COCCNS(=O)(=O)c1cccc(C(=O)N2C[C@H]3CNC[C@H]3C2)c1.Cl. The lowest BCUT2D eigenvalue weighted by molar-refractivity contribution is 0.0781. The molecule has 3 rings (SSSR count). The standard InChI is InChI=1S/C16H23N3O4S.ClH/c1-23-6-5-18-24(21,22)15-4-2-3-12(7-15)16(20)19-10-13-8-17-9-14(13)11-19;/h2-4,7,13-14,17-18H,5-6,8-11H2,1H3;1H/t13-,14+;. The van der Waals surface area contributed by atoms with E-state index < -0.39 is 10.0 Å². The molecule has 0 unspecified atom stereocenters. The number of fused-ring (bicyclic) bond motifs is 1. The molecule has 1 aromatic carbocycles. The molecule has 0 aliphatic carbocycles. The predicted molar refractivity (Wildman–Crippen MR) is 96.5 cm³/mol. The molecule has 0 spiro atoms. The smallest absolute Gasteiger partial charge is 0.253 e. The van der Waals surface area contributed by atoms with Crippen LogP contribution in [-0.2, 0) is 14.8 Å². The van der Waals surface area contributed by atoms with Gasteiger partial charge in [-0.15, -0.1) is 12.4 Å². The number of hydrogen-bond acceptors (Lipinski definition) is 5. The third kappa shape index (κ3) is 4.51. The maximum Gasteiger partial charge on any atom is 0.253 e. The maximum absolute atomic E-state index is 12.7. The van der Waals surface area contributed by atoms with Gasteiger partial charge in [0.15, 0.2) is 0 Å². The van der Waals surface area contributed by atoms with Crippen LogP contribution in [0.5, 0.6) is 0 Å². The van der Waals surface area contributed by atoms with E-state index in [0.717, 1.165) is 26.2 Å². The molecule has 0 aromatic heterocycles. The molecule has 2 aliphatic heterocycles. The van der Waals surface area contributed by atoms with E-state index in [2.05, 4.69) is 10.0 Å². The number of halogens is 1. The Hall–Kier alpha value is -1.19. The number of carbonyl (C=O) groups excluding carboxylic acids is 1. The average Bonchev–Trinajstić information content (AvgIpc) is 3.16. The van der Waals surface area contributed by atoms with Crippen LogP contribution in [0.15, 0.2) is 29.2 Å². The minimum atomic E-state index is -3.64. The highest BCUT2D eigenvalue weighted by molar-refractivity contribution is 7.89. The van der Waals surface area contributed by atoms with E-state index >= 15 is 0 Å². The van der Waals surface area contributed by atoms with Crippen LogP contribution in [0.2, 0.25) is 0 Å². The lowest BCUT2D eigenvalue weighted by Gasteiger charge is -2.18. The molecule has 2 aliphatic rings. The summed E-state index contributed by atoms with van der Waals surface area (Å²) in [5.74, 6) is 0.923. The molecule has 2 atom stereocenters. The molecule has 9 heteroatoms. The van der Waals surface area contributed by atoms with Gasteiger partial charge in [0.05, 0.1) is 11.5 Å². The molecule has 1 amide bonds. The predicted octanol–water partition coefficient (Wildman–Crippen LogP) is 0.325. The largest absolute Gasteiger partial charge is 0.383 e. The van der Waals surface area contributed by atoms with Crippen LogP contribution in [-0.4, -0.2) is 65.7 Å². The van der Waals surface area contributed by atoms with Gasteiger partial charge >= 0.3 is 0 Å². The van der Waals surface area contributed by atoms with Crippen molar-refractivity contribution < 1.29 is 17.9 Å². The zero-order valence-electron chi connectivity index (χ0n) is 14.1. The summed E-state index contributed by atoms with van der Waals surface area (Å²) in [5.41, 5.74) is 0.414. The summed E-state index contributed by atoms with van der Waals surface area (Å²) in [6.45, 7) is 3.86. The molecule has 2 heterocycles. The first-order valence-corrected chi connectivity index (χ1v) is 9.58. The van der Waals surface area contributed by atoms with E-state index in [1.165, 1.54) is 19.2 Å². The van der Waals surface area contributed by atoms with Crippen LogP contribution in [0, 0.1) is 11.8 Å². The molecule has 1 aromatic rings. The molecule has 25 heavy (non-hydrogen) atoms. The minimum Gasteiger partial charge on any atom is -0.383 e. The van der Waals surface area contributed by atoms with Crippen molar-refractivity contribution in [3.8, 4) is 0 Å². The number of methoxy groups -OCH3 is 1. The quantitative estimate of drug-likeness (QED) is 0.684. The number of rotatable bonds is 6. The van der Waals surface area contributed by atoms with Gasteiger partial charge in [0.2, 0.25) is 10.0 Å². The van der Waals surface area contributed by atoms with Crippen LogP contribution in [0.1, 0.15) is 10.4 Å². The van der Waals surface area contributed by atoms with E-state index in [9.17, 15) is 13.2 Å². The van der Waals surface area contributed by atoms with Crippen LogP contribution in [0.25, 0.3) is 0 Å². The van der Waals surface area contributed by atoms with Gasteiger partial charge in [-0.2, -0.15) is 0 Å². The van der Waals surface area contributed by atoms with Crippen molar-refractivity contribution in [1.82, 2.24) is 14.9 Å². The molecule has 2 fully saturated rings. The van der Waals surface area contributed by atoms with Crippen molar-refractivity contribution in [3.05, 3.63) is 29.8 Å². The number of amides is 1. The van der Waals surface area contributed by atoms with Crippen molar-refractivity contribution >= 4 is 28.3 Å². The van der Waals surface area contributed by atoms with Crippen molar-refractivity contribution in [2.45, 2.75) is 4.90 Å². The van der Waals surface area contributed by atoms with Gasteiger partial charge in [-0.05, 0) is 30.0 Å². The van der Waals surface area contributed by atoms with E-state index in [1.54, 1.807) is 12.1 Å². The monoisotopic (exact) mass is 389 g/mol. The van der Waals surface area contributed by atoms with Crippen molar-refractivity contribution in [2.75, 3.05) is 46.4 Å². The normalized spacial score (nSPS) is 22.5. The van der Waals surface area contributed by atoms with Crippen LogP contribution in [0.3, 0.4) is 0 Å². The van der Waals surface area contributed by atoms with Crippen molar-refractivity contribution in [3.63, 3.8) is 0 Å².